The largest absolute Gasteiger partial charge is 0.378 e. The van der Waals surface area contributed by atoms with Crippen molar-refractivity contribution in [1.29, 1.82) is 0 Å². The first kappa shape index (κ1) is 19.4. The fraction of sp³-hybridized carbons (Fsp3) is 0.500. The number of nitrogens with zero attached hydrogens (tertiary/aromatic N) is 5. The highest BCUT2D eigenvalue weighted by Gasteiger charge is 2.26. The van der Waals surface area contributed by atoms with Crippen LogP contribution in [0, 0.1) is 6.92 Å². The first-order valence-electron chi connectivity index (χ1n) is 9.99. The number of hydrogen-bond donors (Lipinski definition) is 1. The minimum absolute atomic E-state index is 0.111. The predicted octanol–water partition coefficient (Wildman–Crippen LogP) is 1.43. The fourth-order valence-corrected chi connectivity index (χ4v) is 3.69. The van der Waals surface area contributed by atoms with Gasteiger partial charge in [0.15, 0.2) is 0 Å². The van der Waals surface area contributed by atoms with Crippen LogP contribution in [-0.4, -0.2) is 69.6 Å². The van der Waals surface area contributed by atoms with Crippen molar-refractivity contribution in [3.05, 3.63) is 41.2 Å². The molecule has 9 heteroatoms. The topological polar surface area (TPSA) is 92.6 Å². The maximum atomic E-state index is 12.7. The summed E-state index contributed by atoms with van der Waals surface area (Å²) in [6.45, 7) is 6.07. The Kier molecular flexibility index (Phi) is 5.75. The molecule has 1 N–H and O–H groups in total. The summed E-state index contributed by atoms with van der Waals surface area (Å²) >= 11 is 0. The number of ether oxygens (including phenoxy) is 1. The van der Waals surface area contributed by atoms with Crippen LogP contribution in [0.25, 0.3) is 0 Å². The molecular formula is C20H26N6O3. The molecule has 0 saturated carbocycles. The zero-order chi connectivity index (χ0) is 20.2. The van der Waals surface area contributed by atoms with E-state index in [0.29, 0.717) is 58.8 Å². The third-order valence-electron chi connectivity index (χ3n) is 5.34. The van der Waals surface area contributed by atoms with E-state index >= 15 is 0 Å². The van der Waals surface area contributed by atoms with Crippen LogP contribution in [0.5, 0.6) is 0 Å². The molecule has 0 aliphatic carbocycles. The number of aromatic nitrogens is 3. The van der Waals surface area contributed by atoms with Gasteiger partial charge in [0, 0.05) is 38.2 Å². The van der Waals surface area contributed by atoms with Gasteiger partial charge in [0.05, 0.1) is 37.7 Å². The van der Waals surface area contributed by atoms with Gasteiger partial charge in [0.25, 0.3) is 0 Å². The lowest BCUT2D eigenvalue weighted by Gasteiger charge is -2.28. The smallest absolute Gasteiger partial charge is 0.322 e. The number of urea groups is 1. The van der Waals surface area contributed by atoms with Crippen LogP contribution in [0.3, 0.4) is 0 Å². The first-order chi connectivity index (χ1) is 14.1. The van der Waals surface area contributed by atoms with E-state index in [1.165, 1.54) is 0 Å². The van der Waals surface area contributed by atoms with Crippen molar-refractivity contribution in [3.63, 3.8) is 0 Å². The molecule has 3 amide bonds. The third-order valence-corrected chi connectivity index (χ3v) is 5.34. The van der Waals surface area contributed by atoms with Crippen LogP contribution in [-0.2, 0) is 29.0 Å². The highest BCUT2D eigenvalue weighted by atomic mass is 16.5. The third kappa shape index (κ3) is 4.56. The van der Waals surface area contributed by atoms with Crippen molar-refractivity contribution in [2.24, 2.45) is 0 Å². The molecule has 1 aromatic heterocycles. The molecule has 4 rings (SSSR count). The average Bonchev–Trinajstić information content (AvgIpc) is 3.15. The lowest BCUT2D eigenvalue weighted by Crippen LogP contribution is -2.41. The predicted molar refractivity (Wildman–Crippen MR) is 106 cm³/mol. The zero-order valence-corrected chi connectivity index (χ0v) is 16.6. The van der Waals surface area contributed by atoms with Crippen LogP contribution in [0.2, 0.25) is 0 Å². The summed E-state index contributed by atoms with van der Waals surface area (Å²) in [5.74, 6) is 0.111. The van der Waals surface area contributed by atoms with E-state index in [4.69, 9.17) is 4.74 Å². The monoisotopic (exact) mass is 398 g/mol. The van der Waals surface area contributed by atoms with E-state index in [2.05, 4.69) is 15.6 Å². The molecular weight excluding hydrogens is 372 g/mol. The highest BCUT2D eigenvalue weighted by molar-refractivity contribution is 5.89. The quantitative estimate of drug-likeness (QED) is 0.841. The lowest BCUT2D eigenvalue weighted by molar-refractivity contribution is -0.135. The summed E-state index contributed by atoms with van der Waals surface area (Å²) < 4.78 is 7.13. The number of aryl methyl sites for hydroxylation is 2. The number of morpholine rings is 1. The van der Waals surface area contributed by atoms with Gasteiger partial charge in [-0.05, 0) is 24.6 Å². The molecule has 0 bridgehead atoms. The van der Waals surface area contributed by atoms with Crippen molar-refractivity contribution in [1.82, 2.24) is 24.8 Å². The van der Waals surface area contributed by atoms with E-state index in [1.807, 2.05) is 40.8 Å². The molecule has 2 aromatic rings. The first-order valence-corrected chi connectivity index (χ1v) is 9.99. The van der Waals surface area contributed by atoms with Gasteiger partial charge in [-0.15, -0.1) is 5.10 Å². The number of anilines is 1. The van der Waals surface area contributed by atoms with Gasteiger partial charge < -0.3 is 19.9 Å². The fourth-order valence-electron chi connectivity index (χ4n) is 3.69. The van der Waals surface area contributed by atoms with Crippen molar-refractivity contribution in [2.75, 3.05) is 38.2 Å². The molecule has 0 spiro atoms. The van der Waals surface area contributed by atoms with Gasteiger partial charge in [0.1, 0.15) is 0 Å². The summed E-state index contributed by atoms with van der Waals surface area (Å²) in [7, 11) is 0. The summed E-state index contributed by atoms with van der Waals surface area (Å²) in [4.78, 5) is 28.7. The SMILES string of the molecule is Cc1cccc(NC(=O)N2CCn3nnc(CCC(=O)N4CCOCC4)c3C2)c1. The van der Waals surface area contributed by atoms with Crippen LogP contribution in [0.4, 0.5) is 10.5 Å². The second kappa shape index (κ2) is 8.60. The van der Waals surface area contributed by atoms with Crippen molar-refractivity contribution >= 4 is 17.6 Å². The minimum atomic E-state index is -0.140. The summed E-state index contributed by atoms with van der Waals surface area (Å²) in [6, 6.07) is 7.59. The van der Waals surface area contributed by atoms with E-state index in [0.717, 1.165) is 22.6 Å². The Bertz CT molecular complexity index is 890. The van der Waals surface area contributed by atoms with E-state index in [-0.39, 0.29) is 11.9 Å². The Morgan fingerprint density at radius 2 is 1.97 bits per heavy atom. The molecule has 9 nitrogen and oxygen atoms in total. The Hall–Kier alpha value is -2.94. The van der Waals surface area contributed by atoms with Gasteiger partial charge in [-0.3, -0.25) is 4.79 Å². The molecule has 1 aromatic carbocycles. The minimum Gasteiger partial charge on any atom is -0.378 e. The zero-order valence-electron chi connectivity index (χ0n) is 16.6. The average molecular weight is 398 g/mol. The molecule has 2 aliphatic heterocycles. The second-order valence-corrected chi connectivity index (χ2v) is 7.42. The number of carbonyl (C=O) groups excluding carboxylic acids is 2. The number of fused-ring (bicyclic) bond motifs is 1. The highest BCUT2D eigenvalue weighted by Crippen LogP contribution is 2.18. The number of rotatable bonds is 4. The summed E-state index contributed by atoms with van der Waals surface area (Å²) in [5, 5.41) is 11.4. The maximum absolute atomic E-state index is 12.7. The molecule has 1 fully saturated rings. The molecule has 1 saturated heterocycles. The van der Waals surface area contributed by atoms with Crippen molar-refractivity contribution in [3.8, 4) is 0 Å². The Morgan fingerprint density at radius 3 is 2.76 bits per heavy atom. The van der Waals surface area contributed by atoms with Gasteiger partial charge in [-0.25, -0.2) is 9.48 Å². The van der Waals surface area contributed by atoms with Crippen molar-refractivity contribution < 1.29 is 14.3 Å². The normalized spacial score (nSPS) is 16.4. The summed E-state index contributed by atoms with van der Waals surface area (Å²) in [5.41, 5.74) is 3.57. The second-order valence-electron chi connectivity index (χ2n) is 7.42. The van der Waals surface area contributed by atoms with E-state index < -0.39 is 0 Å². The maximum Gasteiger partial charge on any atom is 0.322 e. The number of nitrogens with one attached hydrogen (secondary N) is 1. The van der Waals surface area contributed by atoms with Gasteiger partial charge in [-0.2, -0.15) is 0 Å². The van der Waals surface area contributed by atoms with Crippen LogP contribution in [0.15, 0.2) is 24.3 Å². The molecule has 0 atom stereocenters. The van der Waals surface area contributed by atoms with Crippen LogP contribution >= 0.6 is 0 Å². The number of benzene rings is 1. The van der Waals surface area contributed by atoms with Gasteiger partial charge in [0.2, 0.25) is 5.91 Å². The van der Waals surface area contributed by atoms with Gasteiger partial charge >= 0.3 is 6.03 Å². The standard InChI is InChI=1S/C20H26N6O3/c1-15-3-2-4-16(13-15)21-20(28)25-7-8-26-18(14-25)17(22-23-26)5-6-19(27)24-9-11-29-12-10-24/h2-4,13H,5-12,14H2,1H3,(H,21,28). The van der Waals surface area contributed by atoms with Crippen LogP contribution < -0.4 is 5.32 Å². The van der Waals surface area contributed by atoms with E-state index in [9.17, 15) is 9.59 Å². The molecule has 3 heterocycles. The number of amides is 3. The molecule has 0 radical (unpaired) electrons. The molecule has 29 heavy (non-hydrogen) atoms. The summed E-state index contributed by atoms with van der Waals surface area (Å²) in [6.07, 6.45) is 0.917. The molecule has 2 aliphatic rings. The number of hydrogen-bond acceptors (Lipinski definition) is 5. The Balaban J connectivity index is 1.36. The Morgan fingerprint density at radius 1 is 1.14 bits per heavy atom. The van der Waals surface area contributed by atoms with E-state index in [1.54, 1.807) is 4.90 Å². The molecule has 0 unspecified atom stereocenters. The van der Waals surface area contributed by atoms with Gasteiger partial charge in [-0.1, -0.05) is 17.3 Å². The van der Waals surface area contributed by atoms with Crippen LogP contribution in [0.1, 0.15) is 23.4 Å². The lowest BCUT2D eigenvalue weighted by atomic mass is 10.1. The van der Waals surface area contributed by atoms with Crippen molar-refractivity contribution in [2.45, 2.75) is 32.9 Å². The number of carbonyl (C=O) groups is 2. The Labute approximate surface area is 169 Å². The molecule has 154 valence electrons.